The first-order valence-corrected chi connectivity index (χ1v) is 12.7. The fourth-order valence-corrected chi connectivity index (χ4v) is 5.36. The van der Waals surface area contributed by atoms with Gasteiger partial charge in [-0.1, -0.05) is 18.0 Å². The van der Waals surface area contributed by atoms with Crippen molar-refractivity contribution in [1.82, 2.24) is 19.2 Å². The molecule has 2 saturated heterocycles. The van der Waals surface area contributed by atoms with Crippen LogP contribution in [0.5, 0.6) is 5.75 Å². The smallest absolute Gasteiger partial charge is 0.139 e. The number of anilines is 1. The molecule has 0 aliphatic carbocycles. The van der Waals surface area contributed by atoms with E-state index in [-0.39, 0.29) is 6.61 Å². The SMILES string of the molecule is COc1cc(CO)c(-c2cn3ccc(N4CCN(CCN5CCCCC5)CC4)cc3n2)cc1Cl. The Morgan fingerprint density at radius 3 is 2.41 bits per heavy atom. The summed E-state index contributed by atoms with van der Waals surface area (Å²) in [7, 11) is 1.57. The molecular weight excluding hydrogens is 450 g/mol. The number of hydrogen-bond acceptors (Lipinski definition) is 6. The highest BCUT2D eigenvalue weighted by Gasteiger charge is 2.20. The molecule has 1 N–H and O–H groups in total. The molecule has 7 nitrogen and oxygen atoms in total. The van der Waals surface area contributed by atoms with E-state index < -0.39 is 0 Å². The summed E-state index contributed by atoms with van der Waals surface area (Å²) in [6, 6.07) is 7.90. The predicted molar refractivity (Wildman–Crippen MR) is 137 cm³/mol. The molecule has 2 aromatic heterocycles. The maximum absolute atomic E-state index is 9.87. The van der Waals surface area contributed by atoms with Crippen LogP contribution in [0.25, 0.3) is 16.9 Å². The molecule has 4 heterocycles. The molecule has 0 bridgehead atoms. The first-order chi connectivity index (χ1) is 16.6. The molecule has 5 rings (SSSR count). The Morgan fingerprint density at radius 2 is 1.71 bits per heavy atom. The molecule has 0 atom stereocenters. The summed E-state index contributed by atoms with van der Waals surface area (Å²) in [6.45, 7) is 9.08. The quantitative estimate of drug-likeness (QED) is 0.552. The van der Waals surface area contributed by atoms with Crippen molar-refractivity contribution in [2.75, 3.05) is 64.4 Å². The van der Waals surface area contributed by atoms with E-state index >= 15 is 0 Å². The molecule has 34 heavy (non-hydrogen) atoms. The van der Waals surface area contributed by atoms with Gasteiger partial charge in [-0.15, -0.1) is 0 Å². The lowest BCUT2D eigenvalue weighted by Gasteiger charge is -2.37. The maximum atomic E-state index is 9.87. The number of pyridine rings is 1. The van der Waals surface area contributed by atoms with E-state index in [0.29, 0.717) is 10.8 Å². The lowest BCUT2D eigenvalue weighted by molar-refractivity contribution is 0.177. The summed E-state index contributed by atoms with van der Waals surface area (Å²) in [5, 5.41) is 10.4. The van der Waals surface area contributed by atoms with Crippen LogP contribution in [0.15, 0.2) is 36.7 Å². The number of aromatic nitrogens is 2. The van der Waals surface area contributed by atoms with Gasteiger partial charge in [0.15, 0.2) is 0 Å². The normalized spacial score (nSPS) is 18.0. The van der Waals surface area contributed by atoms with Gasteiger partial charge in [0.2, 0.25) is 0 Å². The molecule has 0 unspecified atom stereocenters. The molecule has 0 spiro atoms. The van der Waals surface area contributed by atoms with Crippen molar-refractivity contribution in [3.8, 4) is 17.0 Å². The second-order valence-electron chi connectivity index (χ2n) is 9.31. The van der Waals surface area contributed by atoms with Gasteiger partial charge in [-0.05, 0) is 49.7 Å². The number of nitrogens with zero attached hydrogens (tertiary/aromatic N) is 5. The topological polar surface area (TPSA) is 56.5 Å². The Hall–Kier alpha value is -2.32. The standard InChI is InChI=1S/C26H34ClN5O2/c1-34-25-15-20(19-33)22(17-23(25)27)24-18-32-8-5-21(16-26(32)28-24)31-13-11-30(12-14-31)10-9-29-6-3-2-4-7-29/h5,8,15-18,33H,2-4,6-7,9-14,19H2,1H3. The number of rotatable bonds is 7. The van der Waals surface area contributed by atoms with E-state index in [4.69, 9.17) is 21.3 Å². The van der Waals surface area contributed by atoms with Gasteiger partial charge in [-0.3, -0.25) is 4.90 Å². The van der Waals surface area contributed by atoms with Crippen LogP contribution in [0.1, 0.15) is 24.8 Å². The van der Waals surface area contributed by atoms with E-state index in [0.717, 1.165) is 48.6 Å². The van der Waals surface area contributed by atoms with Crippen LogP contribution >= 0.6 is 11.6 Å². The van der Waals surface area contributed by atoms with Crippen LogP contribution < -0.4 is 9.64 Å². The van der Waals surface area contributed by atoms with Crippen molar-refractivity contribution in [2.45, 2.75) is 25.9 Å². The third-order valence-corrected chi connectivity index (χ3v) is 7.48. The molecule has 1 aromatic carbocycles. The van der Waals surface area contributed by atoms with E-state index in [2.05, 4.69) is 33.0 Å². The molecule has 2 fully saturated rings. The summed E-state index contributed by atoms with van der Waals surface area (Å²) < 4.78 is 7.31. The molecule has 0 radical (unpaired) electrons. The monoisotopic (exact) mass is 483 g/mol. The van der Waals surface area contributed by atoms with Crippen molar-refractivity contribution >= 4 is 22.9 Å². The maximum Gasteiger partial charge on any atom is 0.139 e. The van der Waals surface area contributed by atoms with Gasteiger partial charge >= 0.3 is 0 Å². The lowest BCUT2D eigenvalue weighted by Crippen LogP contribution is -2.48. The van der Waals surface area contributed by atoms with E-state index in [1.807, 2.05) is 16.7 Å². The van der Waals surface area contributed by atoms with Crippen molar-refractivity contribution in [1.29, 1.82) is 0 Å². The first-order valence-electron chi connectivity index (χ1n) is 12.3. The molecule has 182 valence electrons. The summed E-state index contributed by atoms with van der Waals surface area (Å²) in [4.78, 5) is 12.5. The number of ether oxygens (including phenoxy) is 1. The van der Waals surface area contributed by atoms with Crippen LogP contribution in [-0.4, -0.2) is 83.8 Å². The molecule has 8 heteroatoms. The summed E-state index contributed by atoms with van der Waals surface area (Å²) in [6.07, 6.45) is 8.16. The Bertz CT molecular complexity index is 1120. The van der Waals surface area contributed by atoms with Crippen LogP contribution in [-0.2, 0) is 6.61 Å². The zero-order valence-electron chi connectivity index (χ0n) is 19.9. The Labute approximate surface area is 206 Å². The van der Waals surface area contributed by atoms with Crippen LogP contribution in [0.3, 0.4) is 0 Å². The Morgan fingerprint density at radius 1 is 0.971 bits per heavy atom. The van der Waals surface area contributed by atoms with Crippen molar-refractivity contribution < 1.29 is 9.84 Å². The Kier molecular flexibility index (Phi) is 7.25. The molecule has 3 aromatic rings. The summed E-state index contributed by atoms with van der Waals surface area (Å²) in [5.41, 5.74) is 4.44. The van der Waals surface area contributed by atoms with Gasteiger partial charge in [0.1, 0.15) is 11.4 Å². The highest BCUT2D eigenvalue weighted by molar-refractivity contribution is 6.32. The number of aliphatic hydroxyl groups is 1. The minimum absolute atomic E-state index is 0.107. The van der Waals surface area contributed by atoms with E-state index in [9.17, 15) is 5.11 Å². The zero-order chi connectivity index (χ0) is 23.5. The van der Waals surface area contributed by atoms with Crippen molar-refractivity contribution in [3.63, 3.8) is 0 Å². The van der Waals surface area contributed by atoms with Gasteiger partial charge in [0.25, 0.3) is 0 Å². The second-order valence-corrected chi connectivity index (χ2v) is 9.72. The zero-order valence-corrected chi connectivity index (χ0v) is 20.7. The minimum atomic E-state index is -0.107. The first kappa shape index (κ1) is 23.4. The minimum Gasteiger partial charge on any atom is -0.495 e. The fraction of sp³-hybridized carbons (Fsp3) is 0.500. The van der Waals surface area contributed by atoms with Crippen LogP contribution in [0, 0.1) is 0 Å². The van der Waals surface area contributed by atoms with Crippen LogP contribution in [0.4, 0.5) is 5.69 Å². The van der Waals surface area contributed by atoms with Crippen molar-refractivity contribution in [3.05, 3.63) is 47.2 Å². The number of piperidine rings is 1. The number of imidazole rings is 1. The number of halogens is 1. The molecule has 0 saturated carbocycles. The lowest BCUT2D eigenvalue weighted by atomic mass is 10.1. The highest BCUT2D eigenvalue weighted by atomic mass is 35.5. The number of hydrogen-bond donors (Lipinski definition) is 1. The third kappa shape index (κ3) is 5.03. The number of benzene rings is 1. The third-order valence-electron chi connectivity index (χ3n) is 7.19. The average Bonchev–Trinajstić information content (AvgIpc) is 3.31. The van der Waals surface area contributed by atoms with Gasteiger partial charge in [0.05, 0.1) is 24.4 Å². The molecule has 0 amide bonds. The number of aliphatic hydroxyl groups excluding tert-OH is 1. The summed E-state index contributed by atoms with van der Waals surface area (Å²) >= 11 is 6.36. The predicted octanol–water partition coefficient (Wildman–Crippen LogP) is 3.76. The number of methoxy groups -OCH3 is 1. The van der Waals surface area contributed by atoms with E-state index in [1.165, 1.54) is 51.1 Å². The van der Waals surface area contributed by atoms with Gasteiger partial charge in [-0.2, -0.15) is 0 Å². The second kappa shape index (κ2) is 10.5. The van der Waals surface area contributed by atoms with Crippen LogP contribution in [0.2, 0.25) is 5.02 Å². The van der Waals surface area contributed by atoms with E-state index in [1.54, 1.807) is 13.2 Å². The highest BCUT2D eigenvalue weighted by Crippen LogP contribution is 2.34. The van der Waals surface area contributed by atoms with Crippen molar-refractivity contribution in [2.24, 2.45) is 0 Å². The molecule has 2 aliphatic heterocycles. The molecule has 2 aliphatic rings. The summed E-state index contributed by atoms with van der Waals surface area (Å²) in [5.74, 6) is 0.551. The van der Waals surface area contributed by atoms with Gasteiger partial charge in [0, 0.05) is 69.0 Å². The number of likely N-dealkylation sites (tertiary alicyclic amines) is 1. The number of piperazine rings is 1. The molecular formula is C26H34ClN5O2. The van der Waals surface area contributed by atoms with Gasteiger partial charge in [-0.25, -0.2) is 4.98 Å². The Balaban J connectivity index is 1.26. The number of fused-ring (bicyclic) bond motifs is 1. The fourth-order valence-electron chi connectivity index (χ4n) is 5.11. The van der Waals surface area contributed by atoms with Gasteiger partial charge < -0.3 is 24.0 Å². The largest absolute Gasteiger partial charge is 0.495 e. The average molecular weight is 484 g/mol.